The maximum Gasteiger partial charge on any atom is 0.0556 e. The van der Waals surface area contributed by atoms with Gasteiger partial charge in [0, 0.05) is 32.2 Å². The molecule has 1 saturated heterocycles. The summed E-state index contributed by atoms with van der Waals surface area (Å²) in [5, 5.41) is 12.4. The monoisotopic (exact) mass is 262 g/mol. The van der Waals surface area contributed by atoms with E-state index in [9.17, 15) is 0 Å². The van der Waals surface area contributed by atoms with Crippen molar-refractivity contribution in [1.82, 2.24) is 10.2 Å². The molecular weight excluding hydrogens is 236 g/mol. The van der Waals surface area contributed by atoms with Crippen LogP contribution >= 0.6 is 0 Å². The molecule has 2 unspecified atom stereocenters. The Bertz CT molecular complexity index is 355. The highest BCUT2D eigenvalue weighted by molar-refractivity contribution is 5.14. The second-order valence-corrected chi connectivity index (χ2v) is 5.56. The first-order chi connectivity index (χ1) is 9.31. The van der Waals surface area contributed by atoms with Crippen LogP contribution in [-0.4, -0.2) is 42.3 Å². The Morgan fingerprint density at radius 2 is 2.05 bits per heavy atom. The molecule has 3 heteroatoms. The van der Waals surface area contributed by atoms with E-state index >= 15 is 0 Å². The van der Waals surface area contributed by atoms with Crippen molar-refractivity contribution in [3.05, 3.63) is 35.9 Å². The summed E-state index contributed by atoms with van der Waals surface area (Å²) in [7, 11) is 0. The van der Waals surface area contributed by atoms with Crippen LogP contribution < -0.4 is 5.32 Å². The fraction of sp³-hybridized carbons (Fsp3) is 0.625. The standard InChI is InChI=1S/C16H26N2O/c1-2-14-10-16(17-8-9-19)13-18(11-14)12-15-6-4-3-5-7-15/h3-7,14,16-17,19H,2,8-13H2,1H3. The Morgan fingerprint density at radius 3 is 2.74 bits per heavy atom. The van der Waals surface area contributed by atoms with E-state index in [1.54, 1.807) is 0 Å². The van der Waals surface area contributed by atoms with Crippen LogP contribution in [0.3, 0.4) is 0 Å². The van der Waals surface area contributed by atoms with Crippen LogP contribution in [0.15, 0.2) is 30.3 Å². The molecule has 19 heavy (non-hydrogen) atoms. The van der Waals surface area contributed by atoms with E-state index in [-0.39, 0.29) is 6.61 Å². The molecule has 0 radical (unpaired) electrons. The van der Waals surface area contributed by atoms with Gasteiger partial charge >= 0.3 is 0 Å². The van der Waals surface area contributed by atoms with Gasteiger partial charge in [0.05, 0.1) is 6.61 Å². The van der Waals surface area contributed by atoms with Gasteiger partial charge in [0.15, 0.2) is 0 Å². The maximum atomic E-state index is 8.94. The Labute approximate surface area is 116 Å². The number of aliphatic hydroxyl groups excluding tert-OH is 1. The Kier molecular flexibility index (Phi) is 5.83. The SMILES string of the molecule is CCC1CC(NCCO)CN(Cc2ccccc2)C1. The largest absolute Gasteiger partial charge is 0.395 e. The lowest BCUT2D eigenvalue weighted by atomic mass is 9.91. The first-order valence-corrected chi connectivity index (χ1v) is 7.42. The molecule has 3 nitrogen and oxygen atoms in total. The van der Waals surface area contributed by atoms with E-state index in [0.717, 1.165) is 19.0 Å². The van der Waals surface area contributed by atoms with Gasteiger partial charge in [0.25, 0.3) is 0 Å². The molecule has 0 amide bonds. The van der Waals surface area contributed by atoms with Crippen molar-refractivity contribution in [2.75, 3.05) is 26.2 Å². The number of rotatable bonds is 6. The highest BCUT2D eigenvalue weighted by atomic mass is 16.3. The maximum absolute atomic E-state index is 8.94. The van der Waals surface area contributed by atoms with Crippen molar-refractivity contribution < 1.29 is 5.11 Å². The molecule has 0 aromatic heterocycles. The molecule has 106 valence electrons. The third kappa shape index (κ3) is 4.60. The fourth-order valence-electron chi connectivity index (χ4n) is 2.99. The van der Waals surface area contributed by atoms with Crippen LogP contribution in [0.1, 0.15) is 25.3 Å². The zero-order valence-corrected chi connectivity index (χ0v) is 11.9. The van der Waals surface area contributed by atoms with Crippen LogP contribution in [0.5, 0.6) is 0 Å². The Hall–Kier alpha value is -0.900. The summed E-state index contributed by atoms with van der Waals surface area (Å²) < 4.78 is 0. The van der Waals surface area contributed by atoms with Gasteiger partial charge in [0.1, 0.15) is 0 Å². The highest BCUT2D eigenvalue weighted by Gasteiger charge is 2.25. The number of nitrogens with one attached hydrogen (secondary N) is 1. The van der Waals surface area contributed by atoms with E-state index in [0.29, 0.717) is 12.6 Å². The summed E-state index contributed by atoms with van der Waals surface area (Å²) >= 11 is 0. The molecule has 1 aliphatic heterocycles. The van der Waals surface area contributed by atoms with Crippen LogP contribution in [0, 0.1) is 5.92 Å². The van der Waals surface area contributed by atoms with E-state index in [2.05, 4.69) is 47.5 Å². The topological polar surface area (TPSA) is 35.5 Å². The summed E-state index contributed by atoms with van der Waals surface area (Å²) in [6, 6.07) is 11.2. The van der Waals surface area contributed by atoms with E-state index in [1.165, 1.54) is 24.9 Å². The molecule has 1 fully saturated rings. The fourth-order valence-corrected chi connectivity index (χ4v) is 2.99. The van der Waals surface area contributed by atoms with Gasteiger partial charge < -0.3 is 10.4 Å². The summed E-state index contributed by atoms with van der Waals surface area (Å²) in [6.07, 6.45) is 2.48. The minimum absolute atomic E-state index is 0.228. The smallest absolute Gasteiger partial charge is 0.0556 e. The molecule has 0 aliphatic carbocycles. The van der Waals surface area contributed by atoms with Gasteiger partial charge in [-0.05, 0) is 17.9 Å². The number of aliphatic hydroxyl groups is 1. The van der Waals surface area contributed by atoms with Gasteiger partial charge in [-0.1, -0.05) is 43.7 Å². The third-order valence-corrected chi connectivity index (χ3v) is 3.98. The average Bonchev–Trinajstić information content (AvgIpc) is 2.46. The molecule has 1 aromatic carbocycles. The molecule has 1 aliphatic rings. The predicted molar refractivity (Wildman–Crippen MR) is 79.0 cm³/mol. The molecule has 1 heterocycles. The summed E-state index contributed by atoms with van der Waals surface area (Å²) in [5.41, 5.74) is 1.39. The first kappa shape index (κ1) is 14.5. The summed E-state index contributed by atoms with van der Waals surface area (Å²) in [4.78, 5) is 2.54. The van der Waals surface area contributed by atoms with Crippen molar-refractivity contribution in [2.24, 2.45) is 5.92 Å². The first-order valence-electron chi connectivity index (χ1n) is 7.42. The lowest BCUT2D eigenvalue weighted by Crippen LogP contribution is -2.49. The van der Waals surface area contributed by atoms with Crippen molar-refractivity contribution in [1.29, 1.82) is 0 Å². The zero-order valence-electron chi connectivity index (χ0n) is 11.9. The number of benzene rings is 1. The lowest BCUT2D eigenvalue weighted by molar-refractivity contribution is 0.128. The third-order valence-electron chi connectivity index (χ3n) is 3.98. The van der Waals surface area contributed by atoms with Gasteiger partial charge in [0.2, 0.25) is 0 Å². The van der Waals surface area contributed by atoms with Crippen LogP contribution in [0.2, 0.25) is 0 Å². The quantitative estimate of drug-likeness (QED) is 0.821. The van der Waals surface area contributed by atoms with Crippen LogP contribution in [-0.2, 0) is 6.54 Å². The molecule has 1 aromatic rings. The minimum Gasteiger partial charge on any atom is -0.395 e. The van der Waals surface area contributed by atoms with Crippen LogP contribution in [0.25, 0.3) is 0 Å². The van der Waals surface area contributed by atoms with E-state index in [4.69, 9.17) is 5.11 Å². The van der Waals surface area contributed by atoms with Crippen molar-refractivity contribution in [3.63, 3.8) is 0 Å². The lowest BCUT2D eigenvalue weighted by Gasteiger charge is -2.38. The molecule has 2 N–H and O–H groups in total. The predicted octanol–water partition coefficient (Wildman–Crippen LogP) is 1.87. The second kappa shape index (κ2) is 7.63. The van der Waals surface area contributed by atoms with Crippen molar-refractivity contribution in [2.45, 2.75) is 32.4 Å². The minimum atomic E-state index is 0.228. The molecule has 2 atom stereocenters. The van der Waals surface area contributed by atoms with E-state index in [1.807, 2.05) is 0 Å². The van der Waals surface area contributed by atoms with Gasteiger partial charge in [-0.25, -0.2) is 0 Å². The second-order valence-electron chi connectivity index (χ2n) is 5.56. The summed E-state index contributed by atoms with van der Waals surface area (Å²) in [6.45, 7) is 6.54. The Balaban J connectivity index is 1.91. The van der Waals surface area contributed by atoms with Gasteiger partial charge in [-0.3, -0.25) is 4.90 Å². The average molecular weight is 262 g/mol. The van der Waals surface area contributed by atoms with Crippen molar-refractivity contribution >= 4 is 0 Å². The van der Waals surface area contributed by atoms with Gasteiger partial charge in [-0.2, -0.15) is 0 Å². The Morgan fingerprint density at radius 1 is 1.26 bits per heavy atom. The highest BCUT2D eigenvalue weighted by Crippen LogP contribution is 2.21. The number of hydrogen-bond acceptors (Lipinski definition) is 3. The molecule has 2 rings (SSSR count). The number of hydrogen-bond donors (Lipinski definition) is 2. The molecule has 0 bridgehead atoms. The van der Waals surface area contributed by atoms with Crippen molar-refractivity contribution in [3.8, 4) is 0 Å². The van der Waals surface area contributed by atoms with E-state index < -0.39 is 0 Å². The number of likely N-dealkylation sites (tertiary alicyclic amines) is 1. The molecule has 0 spiro atoms. The normalized spacial score (nSPS) is 24.5. The van der Waals surface area contributed by atoms with Gasteiger partial charge in [-0.15, -0.1) is 0 Å². The summed E-state index contributed by atoms with van der Waals surface area (Å²) in [5.74, 6) is 0.772. The molecular formula is C16H26N2O. The molecule has 0 saturated carbocycles. The van der Waals surface area contributed by atoms with Crippen LogP contribution in [0.4, 0.5) is 0 Å². The number of piperidine rings is 1. The zero-order chi connectivity index (χ0) is 13.5. The number of nitrogens with zero attached hydrogens (tertiary/aromatic N) is 1.